The summed E-state index contributed by atoms with van der Waals surface area (Å²) in [4.78, 5) is 15.4. The second kappa shape index (κ2) is 9.70. The van der Waals surface area contributed by atoms with Crippen LogP contribution in [0.3, 0.4) is 0 Å². The summed E-state index contributed by atoms with van der Waals surface area (Å²) in [5.74, 6) is 0.875. The number of aromatic nitrogens is 4. The summed E-state index contributed by atoms with van der Waals surface area (Å²) in [5, 5.41) is 14.7. The van der Waals surface area contributed by atoms with Crippen LogP contribution in [0.2, 0.25) is 0 Å². The number of hydrogen-bond donors (Lipinski definition) is 1. The molecule has 162 valence electrons. The SMILES string of the molecule is CCOc1ccccc1CN1C[C@H](n2cnnn2)C[C@H]1C(=O)NCc1ccc(C)cc1. The first kappa shape index (κ1) is 21.0. The Balaban J connectivity index is 1.49. The van der Waals surface area contributed by atoms with Crippen molar-refractivity contribution in [2.75, 3.05) is 13.2 Å². The minimum Gasteiger partial charge on any atom is -0.494 e. The molecule has 8 heteroatoms. The molecular formula is C23H28N6O2. The van der Waals surface area contributed by atoms with E-state index in [4.69, 9.17) is 4.74 Å². The van der Waals surface area contributed by atoms with Crippen molar-refractivity contribution in [3.63, 3.8) is 0 Å². The number of likely N-dealkylation sites (tertiary alicyclic amines) is 1. The predicted molar refractivity (Wildman–Crippen MR) is 116 cm³/mol. The van der Waals surface area contributed by atoms with Crippen molar-refractivity contribution in [3.8, 4) is 5.75 Å². The lowest BCUT2D eigenvalue weighted by Crippen LogP contribution is -2.42. The van der Waals surface area contributed by atoms with Gasteiger partial charge in [-0.25, -0.2) is 4.68 Å². The number of para-hydroxylation sites is 1. The first-order valence-corrected chi connectivity index (χ1v) is 10.6. The maximum Gasteiger partial charge on any atom is 0.237 e. The zero-order valence-corrected chi connectivity index (χ0v) is 17.9. The van der Waals surface area contributed by atoms with Gasteiger partial charge in [-0.3, -0.25) is 9.69 Å². The number of benzene rings is 2. The van der Waals surface area contributed by atoms with E-state index in [0.29, 0.717) is 32.7 Å². The lowest BCUT2D eigenvalue weighted by Gasteiger charge is -2.24. The Morgan fingerprint density at radius 2 is 2.00 bits per heavy atom. The third-order valence-electron chi connectivity index (χ3n) is 5.66. The highest BCUT2D eigenvalue weighted by Crippen LogP contribution is 2.30. The van der Waals surface area contributed by atoms with Crippen molar-refractivity contribution < 1.29 is 9.53 Å². The summed E-state index contributed by atoms with van der Waals surface area (Å²) in [6.07, 6.45) is 2.27. The first-order chi connectivity index (χ1) is 15.1. The minimum absolute atomic E-state index is 0.0186. The van der Waals surface area contributed by atoms with E-state index < -0.39 is 0 Å². The second-order valence-electron chi connectivity index (χ2n) is 7.87. The highest BCUT2D eigenvalue weighted by Gasteiger charge is 2.38. The molecule has 0 radical (unpaired) electrons. The Hall–Kier alpha value is -3.26. The highest BCUT2D eigenvalue weighted by molar-refractivity contribution is 5.82. The van der Waals surface area contributed by atoms with Crippen molar-refractivity contribution in [2.45, 2.75) is 45.4 Å². The molecule has 0 spiro atoms. The molecule has 0 bridgehead atoms. The summed E-state index contributed by atoms with van der Waals surface area (Å²) < 4.78 is 7.54. The normalized spacial score (nSPS) is 18.8. The number of nitrogens with one attached hydrogen (secondary N) is 1. The van der Waals surface area contributed by atoms with Crippen molar-refractivity contribution in [1.82, 2.24) is 30.4 Å². The van der Waals surface area contributed by atoms with E-state index in [2.05, 4.69) is 50.9 Å². The molecule has 3 aromatic rings. The summed E-state index contributed by atoms with van der Waals surface area (Å²) in [7, 11) is 0. The lowest BCUT2D eigenvalue weighted by atomic mass is 10.1. The van der Waals surface area contributed by atoms with Crippen LogP contribution < -0.4 is 10.1 Å². The quantitative estimate of drug-likeness (QED) is 0.603. The Bertz CT molecular complexity index is 990. The molecule has 1 aliphatic heterocycles. The van der Waals surface area contributed by atoms with Gasteiger partial charge in [-0.15, -0.1) is 5.10 Å². The van der Waals surface area contributed by atoms with E-state index in [1.54, 1.807) is 11.0 Å². The van der Waals surface area contributed by atoms with E-state index in [0.717, 1.165) is 16.9 Å². The highest BCUT2D eigenvalue weighted by atomic mass is 16.5. The number of nitrogens with zero attached hydrogens (tertiary/aromatic N) is 5. The van der Waals surface area contributed by atoms with E-state index in [1.165, 1.54) is 5.56 Å². The van der Waals surface area contributed by atoms with E-state index in [9.17, 15) is 4.79 Å². The van der Waals surface area contributed by atoms with Gasteiger partial charge in [0.2, 0.25) is 5.91 Å². The second-order valence-corrected chi connectivity index (χ2v) is 7.87. The van der Waals surface area contributed by atoms with E-state index >= 15 is 0 Å². The van der Waals surface area contributed by atoms with Crippen molar-refractivity contribution in [1.29, 1.82) is 0 Å². The van der Waals surface area contributed by atoms with Gasteiger partial charge in [-0.1, -0.05) is 48.0 Å². The van der Waals surface area contributed by atoms with Gasteiger partial charge in [0.05, 0.1) is 18.7 Å². The molecular weight excluding hydrogens is 392 g/mol. The van der Waals surface area contributed by atoms with Gasteiger partial charge in [0.25, 0.3) is 0 Å². The Morgan fingerprint density at radius 3 is 2.74 bits per heavy atom. The molecule has 1 aliphatic rings. The lowest BCUT2D eigenvalue weighted by molar-refractivity contribution is -0.125. The van der Waals surface area contributed by atoms with E-state index in [-0.39, 0.29) is 18.0 Å². The molecule has 1 aromatic heterocycles. The minimum atomic E-state index is -0.269. The molecule has 1 saturated heterocycles. The zero-order valence-electron chi connectivity index (χ0n) is 17.9. The maximum atomic E-state index is 13.2. The van der Waals surface area contributed by atoms with Crippen molar-refractivity contribution in [3.05, 3.63) is 71.5 Å². The number of tetrazole rings is 1. The van der Waals surface area contributed by atoms with Crippen LogP contribution in [0.5, 0.6) is 5.75 Å². The van der Waals surface area contributed by atoms with Gasteiger partial charge in [0.15, 0.2) is 0 Å². The molecule has 4 rings (SSSR count). The summed E-state index contributed by atoms with van der Waals surface area (Å²) in [6.45, 7) is 6.45. The molecule has 1 amide bonds. The van der Waals surface area contributed by atoms with Gasteiger partial charge in [0.1, 0.15) is 12.1 Å². The van der Waals surface area contributed by atoms with Crippen LogP contribution in [0, 0.1) is 6.92 Å². The number of aryl methyl sites for hydroxylation is 1. The number of carbonyl (C=O) groups excluding carboxylic acids is 1. The van der Waals surface area contributed by atoms with Crippen LogP contribution in [-0.2, 0) is 17.9 Å². The summed E-state index contributed by atoms with van der Waals surface area (Å²) >= 11 is 0. The smallest absolute Gasteiger partial charge is 0.237 e. The molecule has 2 aromatic carbocycles. The molecule has 1 N–H and O–H groups in total. The standard InChI is InChI=1S/C23H28N6O2/c1-3-31-22-7-5-4-6-19(22)14-28-15-20(29-16-25-26-27-29)12-21(28)23(30)24-13-18-10-8-17(2)9-11-18/h4-11,16,20-21H,3,12-15H2,1-2H3,(H,24,30)/t20-,21+/m1/s1. The fourth-order valence-electron chi connectivity index (χ4n) is 4.02. The Kier molecular flexibility index (Phi) is 6.57. The number of ether oxygens (including phenoxy) is 1. The zero-order chi connectivity index (χ0) is 21.6. The fraction of sp³-hybridized carbons (Fsp3) is 0.391. The van der Waals surface area contributed by atoms with Crippen molar-refractivity contribution in [2.24, 2.45) is 0 Å². The van der Waals surface area contributed by atoms with Gasteiger partial charge >= 0.3 is 0 Å². The summed E-state index contributed by atoms with van der Waals surface area (Å²) in [5.41, 5.74) is 3.36. The van der Waals surface area contributed by atoms with Crippen LogP contribution >= 0.6 is 0 Å². The van der Waals surface area contributed by atoms with Gasteiger partial charge < -0.3 is 10.1 Å². The first-order valence-electron chi connectivity index (χ1n) is 10.6. The Morgan fingerprint density at radius 1 is 1.19 bits per heavy atom. The largest absolute Gasteiger partial charge is 0.494 e. The van der Waals surface area contributed by atoms with Crippen LogP contribution in [0.1, 0.15) is 36.1 Å². The number of amides is 1. The Labute approximate surface area is 182 Å². The van der Waals surface area contributed by atoms with Gasteiger partial charge in [0, 0.05) is 25.2 Å². The predicted octanol–water partition coefficient (Wildman–Crippen LogP) is 2.51. The third-order valence-corrected chi connectivity index (χ3v) is 5.66. The average Bonchev–Trinajstić information content (AvgIpc) is 3.45. The molecule has 2 atom stereocenters. The average molecular weight is 421 g/mol. The molecule has 0 saturated carbocycles. The molecule has 1 fully saturated rings. The number of rotatable bonds is 8. The molecule has 31 heavy (non-hydrogen) atoms. The van der Waals surface area contributed by atoms with Gasteiger partial charge in [-0.2, -0.15) is 0 Å². The van der Waals surface area contributed by atoms with Gasteiger partial charge in [-0.05, 0) is 42.3 Å². The van der Waals surface area contributed by atoms with Crippen LogP contribution in [0.15, 0.2) is 54.9 Å². The number of carbonyl (C=O) groups is 1. The number of hydrogen-bond acceptors (Lipinski definition) is 6. The topological polar surface area (TPSA) is 85.2 Å². The van der Waals surface area contributed by atoms with Crippen LogP contribution in [0.4, 0.5) is 0 Å². The molecule has 2 heterocycles. The third kappa shape index (κ3) is 5.08. The fourth-order valence-corrected chi connectivity index (χ4v) is 4.02. The maximum absolute atomic E-state index is 13.2. The molecule has 0 aliphatic carbocycles. The molecule has 8 nitrogen and oxygen atoms in total. The summed E-state index contributed by atoms with van der Waals surface area (Å²) in [6, 6.07) is 16.0. The van der Waals surface area contributed by atoms with Crippen molar-refractivity contribution >= 4 is 5.91 Å². The van der Waals surface area contributed by atoms with Crippen LogP contribution in [-0.4, -0.2) is 50.2 Å². The molecule has 0 unspecified atom stereocenters. The monoisotopic (exact) mass is 420 g/mol. The van der Waals surface area contributed by atoms with E-state index in [1.807, 2.05) is 37.3 Å². The van der Waals surface area contributed by atoms with Crippen LogP contribution in [0.25, 0.3) is 0 Å².